The molecule has 0 spiro atoms. The summed E-state index contributed by atoms with van der Waals surface area (Å²) in [6.07, 6.45) is 2.55. The van der Waals surface area contributed by atoms with Crippen LogP contribution in [0.3, 0.4) is 0 Å². The molecule has 1 aliphatic rings. The number of rotatable bonds is 1. The molecule has 6 heteroatoms. The number of carbonyl (C=O) groups is 1. The number of amides is 1. The van der Waals surface area contributed by atoms with Crippen molar-refractivity contribution in [1.82, 2.24) is 4.98 Å². The van der Waals surface area contributed by atoms with E-state index in [1.165, 1.54) is 10.6 Å². The van der Waals surface area contributed by atoms with Crippen molar-refractivity contribution in [3.63, 3.8) is 0 Å². The fourth-order valence-electron chi connectivity index (χ4n) is 2.33. The molecule has 2 rings (SSSR count). The first-order chi connectivity index (χ1) is 9.49. The van der Waals surface area contributed by atoms with Gasteiger partial charge in [-0.25, -0.2) is 0 Å². The Labute approximate surface area is 128 Å². The Balaban J connectivity index is 2.47. The van der Waals surface area contributed by atoms with Gasteiger partial charge in [-0.15, -0.1) is 0 Å². The van der Waals surface area contributed by atoms with Crippen LogP contribution < -0.4 is 0 Å². The molecule has 1 aromatic heterocycles. The van der Waals surface area contributed by atoms with Crippen molar-refractivity contribution < 1.29 is 18.5 Å². The molecule has 0 aromatic carbocycles. The van der Waals surface area contributed by atoms with Crippen LogP contribution in [0, 0.1) is 5.82 Å². The molecule has 4 nitrogen and oxygen atoms in total. The van der Waals surface area contributed by atoms with Crippen molar-refractivity contribution in [1.29, 1.82) is 0 Å². The van der Waals surface area contributed by atoms with Crippen LogP contribution in [-0.2, 0) is 4.74 Å². The Hall–Kier alpha value is -0.981. The van der Waals surface area contributed by atoms with E-state index in [1.54, 1.807) is 0 Å². The SMILES string of the molecule is CC(C)(C)OC(=O)[N+]1=C[CH]([Sn]([CH3])([CH3])[CH3])c2cc(F)cnc21. The van der Waals surface area contributed by atoms with Gasteiger partial charge in [0.05, 0.1) is 0 Å². The first-order valence-electron chi connectivity index (χ1n) is 7.02. The van der Waals surface area contributed by atoms with E-state index < -0.39 is 30.1 Å². The molecule has 1 amide bonds. The molecule has 0 fully saturated rings. The maximum atomic E-state index is 13.5. The summed E-state index contributed by atoms with van der Waals surface area (Å²) >= 11 is -2.43. The number of ether oxygens (including phenoxy) is 1. The first kappa shape index (κ1) is 16.4. The van der Waals surface area contributed by atoms with Crippen LogP contribution in [0.1, 0.15) is 30.3 Å². The third-order valence-corrected chi connectivity index (χ3v) is 9.89. The van der Waals surface area contributed by atoms with Crippen LogP contribution >= 0.6 is 0 Å². The molecular formula is C15H22FN2O2Sn+. The number of carbonyl (C=O) groups excluding carboxylic acids is 1. The maximum absolute atomic E-state index is 13.5. The number of hydrogen-bond donors (Lipinski definition) is 0. The van der Waals surface area contributed by atoms with Crippen LogP contribution in [0.4, 0.5) is 15.0 Å². The van der Waals surface area contributed by atoms with Gasteiger partial charge in [-0.1, -0.05) is 0 Å². The van der Waals surface area contributed by atoms with E-state index in [0.29, 0.717) is 5.82 Å². The molecule has 114 valence electrons. The predicted octanol–water partition coefficient (Wildman–Crippen LogP) is 3.85. The van der Waals surface area contributed by atoms with Crippen molar-refractivity contribution >= 4 is 36.5 Å². The van der Waals surface area contributed by atoms with Crippen molar-refractivity contribution in [3.05, 3.63) is 23.6 Å². The normalized spacial score (nSPS) is 18.2. The number of nitrogens with zero attached hydrogens (tertiary/aromatic N) is 2. The van der Waals surface area contributed by atoms with E-state index in [-0.39, 0.29) is 9.75 Å². The second-order valence-electron chi connectivity index (χ2n) is 7.41. The predicted molar refractivity (Wildman–Crippen MR) is 82.5 cm³/mol. The minimum atomic E-state index is -2.43. The number of pyridine rings is 1. The molecule has 2 heterocycles. The van der Waals surface area contributed by atoms with Gasteiger partial charge >= 0.3 is 129 Å². The molecule has 0 aliphatic carbocycles. The molecule has 1 atom stereocenters. The summed E-state index contributed by atoms with van der Waals surface area (Å²) < 4.78 is 20.5. The van der Waals surface area contributed by atoms with Crippen LogP contribution in [0.5, 0.6) is 0 Å². The molecular weight excluding hydrogens is 378 g/mol. The molecule has 21 heavy (non-hydrogen) atoms. The number of aromatic nitrogens is 1. The summed E-state index contributed by atoms with van der Waals surface area (Å²) in [5.74, 6) is 0.135. The van der Waals surface area contributed by atoms with Crippen molar-refractivity contribution in [2.75, 3.05) is 0 Å². The van der Waals surface area contributed by atoms with Gasteiger partial charge in [0.2, 0.25) is 0 Å². The second kappa shape index (κ2) is 5.34. The molecule has 1 aromatic rings. The average Bonchev–Trinajstić information content (AvgIpc) is 2.64. The van der Waals surface area contributed by atoms with Gasteiger partial charge in [0.1, 0.15) is 0 Å². The summed E-state index contributed by atoms with van der Waals surface area (Å²) in [5, 5.41) is 0. The van der Waals surface area contributed by atoms with Crippen LogP contribution in [0.2, 0.25) is 14.8 Å². The van der Waals surface area contributed by atoms with E-state index in [0.717, 1.165) is 11.8 Å². The Morgan fingerprint density at radius 1 is 1.38 bits per heavy atom. The summed E-state index contributed by atoms with van der Waals surface area (Å²) in [5.41, 5.74) is 0.234. The number of hydrogen-bond acceptors (Lipinski definition) is 3. The summed E-state index contributed by atoms with van der Waals surface area (Å²) in [7, 11) is 0. The molecule has 0 bridgehead atoms. The van der Waals surface area contributed by atoms with Crippen molar-refractivity contribution in [2.45, 2.75) is 45.1 Å². The molecule has 0 N–H and O–H groups in total. The zero-order valence-corrected chi connectivity index (χ0v) is 16.3. The molecule has 1 unspecified atom stereocenters. The second-order valence-corrected chi connectivity index (χ2v) is 22.7. The topological polar surface area (TPSA) is 42.2 Å². The minimum absolute atomic E-state index is 0.116. The average molecular weight is 400 g/mol. The van der Waals surface area contributed by atoms with Gasteiger partial charge in [-0.05, 0) is 0 Å². The van der Waals surface area contributed by atoms with Crippen molar-refractivity contribution in [3.8, 4) is 0 Å². The Morgan fingerprint density at radius 2 is 2.00 bits per heavy atom. The van der Waals surface area contributed by atoms with E-state index in [9.17, 15) is 9.18 Å². The Bertz CT molecular complexity index is 615. The molecule has 1 aliphatic heterocycles. The fraction of sp³-hybridized carbons (Fsp3) is 0.533. The monoisotopic (exact) mass is 401 g/mol. The van der Waals surface area contributed by atoms with Crippen LogP contribution in [-0.4, -0.2) is 45.8 Å². The number of fused-ring (bicyclic) bond motifs is 1. The van der Waals surface area contributed by atoms with Crippen LogP contribution in [0.15, 0.2) is 12.3 Å². The van der Waals surface area contributed by atoms with Gasteiger partial charge in [-0.2, -0.15) is 0 Å². The van der Waals surface area contributed by atoms with Gasteiger partial charge in [0, 0.05) is 0 Å². The van der Waals surface area contributed by atoms with E-state index in [1.807, 2.05) is 27.0 Å². The van der Waals surface area contributed by atoms with Crippen LogP contribution in [0.25, 0.3) is 0 Å². The summed E-state index contributed by atoms with van der Waals surface area (Å²) in [6, 6.07) is 1.50. The van der Waals surface area contributed by atoms with E-state index in [2.05, 4.69) is 19.8 Å². The molecule has 0 saturated carbocycles. The zero-order valence-electron chi connectivity index (χ0n) is 13.4. The Kier molecular flexibility index (Phi) is 4.16. The summed E-state index contributed by atoms with van der Waals surface area (Å²) in [6.45, 7) is 5.46. The standard InChI is InChI=1S/C12H13FN2O2.3CH3.Sn/c1-12(2,3)17-11(16)15-5-4-8-6-9(13)7-14-10(8)15;;;;/h4-7H,1-3H3;3*1H3;/q+1;;;;. The van der Waals surface area contributed by atoms with Crippen molar-refractivity contribution in [2.24, 2.45) is 0 Å². The number of halogens is 1. The van der Waals surface area contributed by atoms with E-state index >= 15 is 0 Å². The van der Waals surface area contributed by atoms with Gasteiger partial charge < -0.3 is 0 Å². The quantitative estimate of drug-likeness (QED) is 0.532. The third kappa shape index (κ3) is 3.62. The molecule has 0 radical (unpaired) electrons. The summed E-state index contributed by atoms with van der Waals surface area (Å²) in [4.78, 5) is 23.2. The third-order valence-electron chi connectivity index (χ3n) is 3.25. The first-order valence-corrected chi connectivity index (χ1v) is 17.2. The molecule has 0 saturated heterocycles. The van der Waals surface area contributed by atoms with Gasteiger partial charge in [0.15, 0.2) is 0 Å². The zero-order chi connectivity index (χ0) is 16.0. The Morgan fingerprint density at radius 3 is 2.52 bits per heavy atom. The van der Waals surface area contributed by atoms with Gasteiger partial charge in [0.25, 0.3) is 0 Å². The fourth-order valence-corrected chi connectivity index (χ4v) is 7.30. The van der Waals surface area contributed by atoms with E-state index in [4.69, 9.17) is 4.74 Å². The van der Waals surface area contributed by atoms with Gasteiger partial charge in [-0.3, -0.25) is 0 Å².